The van der Waals surface area contributed by atoms with Crippen LogP contribution < -0.4 is 10.7 Å². The second kappa shape index (κ2) is 4.02. The van der Waals surface area contributed by atoms with Gasteiger partial charge in [0.05, 0.1) is 0 Å². The van der Waals surface area contributed by atoms with Gasteiger partial charge in [0, 0.05) is 31.9 Å². The molecule has 4 nitrogen and oxygen atoms in total. The van der Waals surface area contributed by atoms with Crippen LogP contribution in [0.2, 0.25) is 0 Å². The van der Waals surface area contributed by atoms with Gasteiger partial charge >= 0.3 is 0 Å². The number of nitrogens with one attached hydrogen (secondary N) is 2. The lowest BCUT2D eigenvalue weighted by Crippen LogP contribution is -2.46. The molecule has 0 spiro atoms. The van der Waals surface area contributed by atoms with Crippen LogP contribution in [0, 0.1) is 0 Å². The van der Waals surface area contributed by atoms with Gasteiger partial charge in [0.25, 0.3) is 0 Å². The van der Waals surface area contributed by atoms with Crippen molar-refractivity contribution in [1.29, 1.82) is 0 Å². The van der Waals surface area contributed by atoms with Gasteiger partial charge in [-0.25, -0.2) is 0 Å². The lowest BCUT2D eigenvalue weighted by Gasteiger charge is -2.30. The summed E-state index contributed by atoms with van der Waals surface area (Å²) in [6.45, 7) is 6.25. The minimum atomic E-state index is 1.06. The molecule has 13 heavy (non-hydrogen) atoms. The van der Waals surface area contributed by atoms with E-state index in [1.807, 2.05) is 6.92 Å². The first-order valence-electron chi connectivity index (χ1n) is 4.49. The highest BCUT2D eigenvalue weighted by Crippen LogP contribution is 2.16. The maximum absolute atomic E-state index is 4.29. The Kier molecular flexibility index (Phi) is 2.75. The van der Waals surface area contributed by atoms with E-state index >= 15 is 0 Å². The molecule has 0 aliphatic carbocycles. The molecule has 0 amide bonds. The predicted molar refractivity (Wildman–Crippen MR) is 56.4 cm³/mol. The first-order chi connectivity index (χ1) is 6.36. The fraction of sp³-hybridized carbons (Fsp3) is 0.625. The molecular weight excluding hydrogens is 184 g/mol. The summed E-state index contributed by atoms with van der Waals surface area (Å²) >= 11 is 1.70. The summed E-state index contributed by atoms with van der Waals surface area (Å²) in [5.41, 5.74) is 4.11. The zero-order valence-corrected chi connectivity index (χ0v) is 8.52. The third kappa shape index (κ3) is 2.16. The minimum absolute atomic E-state index is 1.06. The van der Waals surface area contributed by atoms with Crippen LogP contribution in [-0.2, 0) is 0 Å². The van der Waals surface area contributed by atoms with Crippen LogP contribution in [0.1, 0.15) is 6.92 Å². The Balaban J connectivity index is 1.93. The summed E-state index contributed by atoms with van der Waals surface area (Å²) < 4.78 is 0. The van der Waals surface area contributed by atoms with Crippen molar-refractivity contribution in [3.05, 3.63) is 11.1 Å². The zero-order valence-electron chi connectivity index (χ0n) is 7.71. The van der Waals surface area contributed by atoms with Crippen LogP contribution in [0.5, 0.6) is 0 Å². The second-order valence-corrected chi connectivity index (χ2v) is 4.00. The molecule has 0 atom stereocenters. The van der Waals surface area contributed by atoms with E-state index in [0.29, 0.717) is 0 Å². The van der Waals surface area contributed by atoms with Gasteiger partial charge in [0.1, 0.15) is 0 Å². The fourth-order valence-corrected chi connectivity index (χ4v) is 2.10. The number of thioether (sulfide) groups is 1. The third-order valence-corrected chi connectivity index (χ3v) is 3.09. The van der Waals surface area contributed by atoms with Gasteiger partial charge in [0.15, 0.2) is 5.17 Å². The van der Waals surface area contributed by atoms with Crippen molar-refractivity contribution in [2.75, 3.05) is 26.2 Å². The van der Waals surface area contributed by atoms with E-state index < -0.39 is 0 Å². The van der Waals surface area contributed by atoms with Crippen molar-refractivity contribution in [2.24, 2.45) is 5.10 Å². The number of nitrogens with zero attached hydrogens (tertiary/aromatic N) is 2. The molecule has 0 radical (unpaired) electrons. The molecule has 2 rings (SSSR count). The van der Waals surface area contributed by atoms with Crippen LogP contribution in [0.25, 0.3) is 0 Å². The number of rotatable bonds is 0. The van der Waals surface area contributed by atoms with Crippen LogP contribution in [0.3, 0.4) is 0 Å². The molecule has 2 N–H and O–H groups in total. The molecule has 2 heterocycles. The van der Waals surface area contributed by atoms with E-state index in [1.165, 1.54) is 0 Å². The number of piperazine rings is 1. The van der Waals surface area contributed by atoms with Gasteiger partial charge in [-0.1, -0.05) is 11.8 Å². The van der Waals surface area contributed by atoms with E-state index in [2.05, 4.69) is 26.2 Å². The van der Waals surface area contributed by atoms with Gasteiger partial charge in [-0.3, -0.25) is 5.43 Å². The van der Waals surface area contributed by atoms with Gasteiger partial charge in [-0.15, -0.1) is 0 Å². The number of hydrazone groups is 1. The van der Waals surface area contributed by atoms with E-state index in [9.17, 15) is 0 Å². The summed E-state index contributed by atoms with van der Waals surface area (Å²) in [6, 6.07) is 0. The monoisotopic (exact) mass is 198 g/mol. The third-order valence-electron chi connectivity index (χ3n) is 2.06. The van der Waals surface area contributed by atoms with E-state index in [0.717, 1.165) is 37.0 Å². The molecule has 0 aromatic heterocycles. The second-order valence-electron chi connectivity index (χ2n) is 3.16. The smallest absolute Gasteiger partial charge is 0.187 e. The van der Waals surface area contributed by atoms with E-state index in [1.54, 1.807) is 11.8 Å². The Morgan fingerprint density at radius 1 is 1.46 bits per heavy atom. The lowest BCUT2D eigenvalue weighted by atomic mass is 10.4. The van der Waals surface area contributed by atoms with Crippen LogP contribution in [0.4, 0.5) is 0 Å². The lowest BCUT2D eigenvalue weighted by molar-refractivity contribution is 0.361. The van der Waals surface area contributed by atoms with Crippen LogP contribution in [0.15, 0.2) is 16.2 Å². The molecular formula is C8H14N4S. The van der Waals surface area contributed by atoms with Gasteiger partial charge in [-0.05, 0) is 12.3 Å². The highest BCUT2D eigenvalue weighted by atomic mass is 32.2. The van der Waals surface area contributed by atoms with Crippen molar-refractivity contribution >= 4 is 16.9 Å². The summed E-state index contributed by atoms with van der Waals surface area (Å²) in [5, 5.41) is 10.8. The van der Waals surface area contributed by atoms with Gasteiger partial charge in [-0.2, -0.15) is 5.10 Å². The average molecular weight is 198 g/mol. The number of allylic oxidation sites excluding steroid dienone is 1. The van der Waals surface area contributed by atoms with Crippen LogP contribution in [-0.4, -0.2) is 36.2 Å². The average Bonchev–Trinajstić information content (AvgIpc) is 2.20. The molecule has 0 saturated carbocycles. The van der Waals surface area contributed by atoms with Crippen molar-refractivity contribution in [3.63, 3.8) is 0 Å². The molecule has 0 bridgehead atoms. The maximum atomic E-state index is 4.29. The Morgan fingerprint density at radius 2 is 2.23 bits per heavy atom. The van der Waals surface area contributed by atoms with Gasteiger partial charge in [0.2, 0.25) is 0 Å². The molecule has 0 aromatic rings. The van der Waals surface area contributed by atoms with E-state index in [-0.39, 0.29) is 0 Å². The molecule has 1 saturated heterocycles. The molecule has 0 unspecified atom stereocenters. The van der Waals surface area contributed by atoms with Crippen molar-refractivity contribution in [1.82, 2.24) is 15.6 Å². The van der Waals surface area contributed by atoms with Gasteiger partial charge < -0.3 is 10.2 Å². The first-order valence-corrected chi connectivity index (χ1v) is 5.37. The summed E-state index contributed by atoms with van der Waals surface area (Å²) in [5.74, 6) is 0. The normalized spacial score (nSPS) is 23.3. The van der Waals surface area contributed by atoms with E-state index in [4.69, 9.17) is 0 Å². The quantitative estimate of drug-likeness (QED) is 0.589. The summed E-state index contributed by atoms with van der Waals surface area (Å²) in [7, 11) is 0. The zero-order chi connectivity index (χ0) is 9.10. The van der Waals surface area contributed by atoms with Crippen molar-refractivity contribution in [2.45, 2.75) is 6.92 Å². The van der Waals surface area contributed by atoms with Crippen LogP contribution >= 0.6 is 11.8 Å². The number of hydrogen-bond acceptors (Lipinski definition) is 5. The number of amidine groups is 1. The Morgan fingerprint density at radius 3 is 2.85 bits per heavy atom. The molecule has 5 heteroatoms. The Labute approximate surface area is 82.4 Å². The highest BCUT2D eigenvalue weighted by Gasteiger charge is 2.15. The highest BCUT2D eigenvalue weighted by molar-refractivity contribution is 8.16. The Hall–Kier alpha value is -0.680. The molecule has 72 valence electrons. The predicted octanol–water partition coefficient (Wildman–Crippen LogP) is 0.360. The van der Waals surface area contributed by atoms with Crippen molar-refractivity contribution < 1.29 is 0 Å². The summed E-state index contributed by atoms with van der Waals surface area (Å²) in [6.07, 6.45) is 0. The fourth-order valence-electron chi connectivity index (χ4n) is 1.33. The molecule has 2 aliphatic heterocycles. The minimum Gasteiger partial charge on any atom is -0.347 e. The SMILES string of the molecule is CC1=CSC(N2CCNCC2)=NN1. The first kappa shape index (κ1) is 8.90. The molecule has 2 aliphatic rings. The molecule has 0 aromatic carbocycles. The largest absolute Gasteiger partial charge is 0.347 e. The Bertz CT molecular complexity index is 243. The standard InChI is InChI=1S/C8H14N4S/c1-7-6-13-8(11-10-7)12-4-2-9-3-5-12/h6,9-10H,2-5H2,1H3. The maximum Gasteiger partial charge on any atom is 0.187 e. The van der Waals surface area contributed by atoms with Crippen molar-refractivity contribution in [3.8, 4) is 0 Å². The topological polar surface area (TPSA) is 39.7 Å². The summed E-state index contributed by atoms with van der Waals surface area (Å²) in [4.78, 5) is 2.30. The molecule has 1 fully saturated rings. The number of hydrogen-bond donors (Lipinski definition) is 2.